The Morgan fingerprint density at radius 2 is 1.55 bits per heavy atom. The number of amides is 2. The van der Waals surface area contributed by atoms with Crippen LogP contribution in [0.2, 0.25) is 0 Å². The predicted molar refractivity (Wildman–Crippen MR) is 128 cm³/mol. The summed E-state index contributed by atoms with van der Waals surface area (Å²) >= 11 is 0. The molecule has 1 aliphatic rings. The Hall–Kier alpha value is -4.06. The van der Waals surface area contributed by atoms with Crippen LogP contribution >= 0.6 is 0 Å². The maximum Gasteiger partial charge on any atom is 0.278 e. The Morgan fingerprint density at radius 1 is 0.818 bits per heavy atom. The lowest BCUT2D eigenvalue weighted by Crippen LogP contribution is -2.32. The van der Waals surface area contributed by atoms with Gasteiger partial charge >= 0.3 is 0 Å². The molecule has 6 heteroatoms. The van der Waals surface area contributed by atoms with E-state index in [1.165, 1.54) is 4.90 Å². The fourth-order valence-corrected chi connectivity index (χ4v) is 4.00. The monoisotopic (exact) mass is 442 g/mol. The van der Waals surface area contributed by atoms with Crippen LogP contribution in [0.1, 0.15) is 22.3 Å². The SMILES string of the molecule is COc1ccc(NC2=C(c3ccc(C)cc3C)C(=O)N(Cc3ccccc3)C2=O)cc1OC. The van der Waals surface area contributed by atoms with E-state index in [9.17, 15) is 9.59 Å². The van der Waals surface area contributed by atoms with Crippen molar-refractivity contribution in [2.75, 3.05) is 19.5 Å². The Balaban J connectivity index is 1.78. The molecule has 168 valence electrons. The molecule has 0 spiro atoms. The minimum absolute atomic E-state index is 0.198. The summed E-state index contributed by atoms with van der Waals surface area (Å²) in [5, 5.41) is 3.19. The van der Waals surface area contributed by atoms with E-state index in [1.807, 2.05) is 62.4 Å². The van der Waals surface area contributed by atoms with Gasteiger partial charge in [0.1, 0.15) is 5.70 Å². The van der Waals surface area contributed by atoms with Gasteiger partial charge in [0, 0.05) is 11.8 Å². The van der Waals surface area contributed by atoms with E-state index in [0.717, 1.165) is 22.3 Å². The number of carbonyl (C=O) groups excluding carboxylic acids is 2. The molecule has 1 heterocycles. The summed E-state index contributed by atoms with van der Waals surface area (Å²) in [7, 11) is 3.11. The number of imide groups is 1. The van der Waals surface area contributed by atoms with E-state index in [2.05, 4.69) is 5.32 Å². The van der Waals surface area contributed by atoms with Gasteiger partial charge in [0.05, 0.1) is 26.3 Å². The lowest BCUT2D eigenvalue weighted by Gasteiger charge is -2.16. The highest BCUT2D eigenvalue weighted by atomic mass is 16.5. The molecule has 0 aromatic heterocycles. The van der Waals surface area contributed by atoms with Crippen molar-refractivity contribution in [1.82, 2.24) is 4.90 Å². The molecule has 0 bridgehead atoms. The minimum atomic E-state index is -0.367. The Bertz CT molecular complexity index is 1250. The Kier molecular flexibility index (Phi) is 6.18. The largest absolute Gasteiger partial charge is 0.493 e. The van der Waals surface area contributed by atoms with Gasteiger partial charge in [-0.2, -0.15) is 0 Å². The summed E-state index contributed by atoms with van der Waals surface area (Å²) in [5.74, 6) is 0.410. The van der Waals surface area contributed by atoms with Crippen LogP contribution in [0, 0.1) is 13.8 Å². The average Bonchev–Trinajstić information content (AvgIpc) is 3.04. The number of anilines is 1. The topological polar surface area (TPSA) is 67.9 Å². The number of nitrogens with zero attached hydrogens (tertiary/aromatic N) is 1. The highest BCUT2D eigenvalue weighted by Gasteiger charge is 2.39. The molecular weight excluding hydrogens is 416 g/mol. The third-order valence-electron chi connectivity index (χ3n) is 5.66. The number of hydrogen-bond donors (Lipinski definition) is 1. The summed E-state index contributed by atoms with van der Waals surface area (Å²) in [6, 6.07) is 20.6. The van der Waals surface area contributed by atoms with Crippen LogP contribution in [0.5, 0.6) is 11.5 Å². The van der Waals surface area contributed by atoms with Crippen LogP contribution in [0.4, 0.5) is 5.69 Å². The van der Waals surface area contributed by atoms with Crippen molar-refractivity contribution < 1.29 is 19.1 Å². The molecule has 3 aromatic carbocycles. The molecular formula is C27H26N2O4. The molecule has 0 unspecified atom stereocenters. The molecule has 4 rings (SSSR count). The zero-order chi connectivity index (χ0) is 23.5. The van der Waals surface area contributed by atoms with Crippen molar-refractivity contribution in [1.29, 1.82) is 0 Å². The van der Waals surface area contributed by atoms with Gasteiger partial charge in [0.15, 0.2) is 11.5 Å². The number of methoxy groups -OCH3 is 2. The first kappa shape index (κ1) is 22.1. The number of nitrogens with one attached hydrogen (secondary N) is 1. The second-order valence-electron chi connectivity index (χ2n) is 7.95. The zero-order valence-corrected chi connectivity index (χ0v) is 19.1. The van der Waals surface area contributed by atoms with Gasteiger partial charge < -0.3 is 14.8 Å². The fourth-order valence-electron chi connectivity index (χ4n) is 4.00. The van der Waals surface area contributed by atoms with Crippen molar-refractivity contribution in [2.45, 2.75) is 20.4 Å². The first-order valence-electron chi connectivity index (χ1n) is 10.6. The molecule has 1 N–H and O–H groups in total. The normalized spacial score (nSPS) is 13.5. The summed E-state index contributed by atoms with van der Waals surface area (Å²) < 4.78 is 10.7. The smallest absolute Gasteiger partial charge is 0.278 e. The first-order valence-corrected chi connectivity index (χ1v) is 10.6. The lowest BCUT2D eigenvalue weighted by atomic mass is 9.97. The van der Waals surface area contributed by atoms with Crippen molar-refractivity contribution in [2.24, 2.45) is 0 Å². The Morgan fingerprint density at radius 3 is 2.21 bits per heavy atom. The van der Waals surface area contributed by atoms with Crippen molar-refractivity contribution in [3.63, 3.8) is 0 Å². The van der Waals surface area contributed by atoms with Gasteiger partial charge in [0.2, 0.25) is 0 Å². The third kappa shape index (κ3) is 4.32. The molecule has 0 saturated carbocycles. The minimum Gasteiger partial charge on any atom is -0.493 e. The molecule has 0 atom stereocenters. The maximum atomic E-state index is 13.5. The van der Waals surface area contributed by atoms with Gasteiger partial charge in [-0.3, -0.25) is 14.5 Å². The van der Waals surface area contributed by atoms with Gasteiger partial charge in [-0.05, 0) is 42.7 Å². The van der Waals surface area contributed by atoms with Gasteiger partial charge in [-0.15, -0.1) is 0 Å². The van der Waals surface area contributed by atoms with E-state index in [1.54, 1.807) is 32.4 Å². The molecule has 3 aromatic rings. The summed E-state index contributed by atoms with van der Waals surface area (Å²) in [6.07, 6.45) is 0. The van der Waals surface area contributed by atoms with Crippen LogP contribution in [0.25, 0.3) is 5.57 Å². The highest BCUT2D eigenvalue weighted by Crippen LogP contribution is 2.35. The number of aryl methyl sites for hydroxylation is 2. The second-order valence-corrected chi connectivity index (χ2v) is 7.95. The maximum absolute atomic E-state index is 13.5. The number of rotatable bonds is 7. The predicted octanol–water partition coefficient (Wildman–Crippen LogP) is 4.71. The quantitative estimate of drug-likeness (QED) is 0.537. The molecule has 0 saturated heterocycles. The van der Waals surface area contributed by atoms with Gasteiger partial charge in [0.25, 0.3) is 11.8 Å². The van der Waals surface area contributed by atoms with E-state index < -0.39 is 0 Å². The number of carbonyl (C=O) groups is 2. The third-order valence-corrected chi connectivity index (χ3v) is 5.66. The molecule has 6 nitrogen and oxygen atoms in total. The van der Waals surface area contributed by atoms with Crippen LogP contribution < -0.4 is 14.8 Å². The highest BCUT2D eigenvalue weighted by molar-refractivity contribution is 6.36. The molecule has 0 radical (unpaired) electrons. The van der Waals surface area contributed by atoms with Crippen LogP contribution in [0.3, 0.4) is 0 Å². The van der Waals surface area contributed by atoms with Crippen LogP contribution in [-0.4, -0.2) is 30.9 Å². The zero-order valence-electron chi connectivity index (χ0n) is 19.1. The second kappa shape index (κ2) is 9.20. The van der Waals surface area contributed by atoms with E-state index in [0.29, 0.717) is 22.8 Å². The van der Waals surface area contributed by atoms with Crippen LogP contribution in [-0.2, 0) is 16.1 Å². The first-order chi connectivity index (χ1) is 15.9. The Labute approximate surface area is 193 Å². The summed E-state index contributed by atoms with van der Waals surface area (Å²) in [6.45, 7) is 4.14. The fraction of sp³-hybridized carbons (Fsp3) is 0.185. The van der Waals surface area contributed by atoms with E-state index >= 15 is 0 Å². The standard InChI is InChI=1S/C27H26N2O4/c1-17-10-12-21(18(2)14-17)24-25(28-20-11-13-22(32-3)23(15-20)33-4)27(31)29(26(24)30)16-19-8-6-5-7-9-19/h5-15,28H,16H2,1-4H3. The van der Waals surface area contributed by atoms with Crippen molar-refractivity contribution >= 4 is 23.1 Å². The average molecular weight is 443 g/mol. The number of benzene rings is 3. The van der Waals surface area contributed by atoms with E-state index in [4.69, 9.17) is 9.47 Å². The van der Waals surface area contributed by atoms with Gasteiger partial charge in [-0.1, -0.05) is 54.1 Å². The van der Waals surface area contributed by atoms with Crippen molar-refractivity contribution in [3.8, 4) is 11.5 Å². The van der Waals surface area contributed by atoms with Crippen LogP contribution in [0.15, 0.2) is 72.4 Å². The summed E-state index contributed by atoms with van der Waals surface area (Å²) in [4.78, 5) is 28.3. The molecule has 0 aliphatic carbocycles. The molecule has 33 heavy (non-hydrogen) atoms. The molecule has 1 aliphatic heterocycles. The van der Waals surface area contributed by atoms with E-state index in [-0.39, 0.29) is 24.1 Å². The molecule has 0 fully saturated rings. The number of hydrogen-bond acceptors (Lipinski definition) is 5. The lowest BCUT2D eigenvalue weighted by molar-refractivity contribution is -0.137. The number of ether oxygens (including phenoxy) is 2. The van der Waals surface area contributed by atoms with Crippen molar-refractivity contribution in [3.05, 3.63) is 94.7 Å². The summed E-state index contributed by atoms with van der Waals surface area (Å²) in [5.41, 5.74) is 4.86. The van der Waals surface area contributed by atoms with Gasteiger partial charge in [-0.25, -0.2) is 0 Å². The molecule has 2 amide bonds.